The van der Waals surface area contributed by atoms with Crippen LogP contribution in [0.2, 0.25) is 0 Å². The summed E-state index contributed by atoms with van der Waals surface area (Å²) >= 11 is 0. The number of guanidine groups is 1. The molecule has 0 aliphatic heterocycles. The van der Waals surface area contributed by atoms with Gasteiger partial charge in [0.15, 0.2) is 5.96 Å². The van der Waals surface area contributed by atoms with E-state index in [4.69, 9.17) is 5.73 Å². The number of nitrogens with zero attached hydrogens (tertiary/aromatic N) is 3. The van der Waals surface area contributed by atoms with Crippen molar-refractivity contribution in [3.8, 4) is 0 Å². The molecule has 0 spiro atoms. The number of aliphatic imine (C=N–C) groups is 1. The first-order chi connectivity index (χ1) is 10.2. The molecule has 22 heavy (non-hydrogen) atoms. The molecule has 0 saturated heterocycles. The van der Waals surface area contributed by atoms with Crippen molar-refractivity contribution in [3.05, 3.63) is 54.1 Å². The second-order valence-electron chi connectivity index (χ2n) is 5.21. The summed E-state index contributed by atoms with van der Waals surface area (Å²) in [6.07, 6.45) is 6.59. The summed E-state index contributed by atoms with van der Waals surface area (Å²) in [7, 11) is 0. The van der Waals surface area contributed by atoms with Gasteiger partial charge in [-0.15, -0.1) is 24.0 Å². The van der Waals surface area contributed by atoms with Gasteiger partial charge in [0, 0.05) is 25.0 Å². The third-order valence-corrected chi connectivity index (χ3v) is 3.35. The maximum atomic E-state index is 5.87. The lowest BCUT2D eigenvalue weighted by atomic mass is 10.1. The highest BCUT2D eigenvalue weighted by atomic mass is 127. The maximum absolute atomic E-state index is 5.87. The van der Waals surface area contributed by atoms with Crippen LogP contribution in [0.5, 0.6) is 0 Å². The highest BCUT2D eigenvalue weighted by Gasteiger charge is 2.00. The third-order valence-electron chi connectivity index (χ3n) is 3.35. The maximum Gasteiger partial charge on any atom is 0.189 e. The van der Waals surface area contributed by atoms with E-state index in [9.17, 15) is 0 Å². The molecule has 2 aromatic rings. The largest absolute Gasteiger partial charge is 0.370 e. The van der Waals surface area contributed by atoms with E-state index in [-0.39, 0.29) is 24.0 Å². The number of rotatable bonds is 6. The van der Waals surface area contributed by atoms with E-state index < -0.39 is 0 Å². The fourth-order valence-electron chi connectivity index (χ4n) is 1.99. The molecule has 0 fully saturated rings. The number of hydrogen-bond donors (Lipinski definition) is 2. The lowest BCUT2D eigenvalue weighted by molar-refractivity contribution is 0.636. The predicted octanol–water partition coefficient (Wildman–Crippen LogP) is 2.75. The molecular formula is C16H24IN5. The first kappa shape index (κ1) is 18.5. The van der Waals surface area contributed by atoms with Gasteiger partial charge in [0.1, 0.15) is 0 Å². The Labute approximate surface area is 149 Å². The molecule has 120 valence electrons. The van der Waals surface area contributed by atoms with Crippen LogP contribution < -0.4 is 11.1 Å². The number of benzene rings is 1. The Morgan fingerprint density at radius 1 is 1.41 bits per heavy atom. The van der Waals surface area contributed by atoms with Crippen molar-refractivity contribution in [1.29, 1.82) is 0 Å². The summed E-state index contributed by atoms with van der Waals surface area (Å²) < 4.78 is 2.04. The van der Waals surface area contributed by atoms with Crippen molar-refractivity contribution in [2.24, 2.45) is 10.7 Å². The summed E-state index contributed by atoms with van der Waals surface area (Å²) in [5.41, 5.74) is 8.26. The molecule has 2 rings (SSSR count). The van der Waals surface area contributed by atoms with Gasteiger partial charge in [0.25, 0.3) is 0 Å². The van der Waals surface area contributed by atoms with Crippen LogP contribution in [0.1, 0.15) is 31.4 Å². The molecule has 5 nitrogen and oxygen atoms in total. The highest BCUT2D eigenvalue weighted by Crippen LogP contribution is 2.08. The molecule has 0 radical (unpaired) electrons. The van der Waals surface area contributed by atoms with Crippen LogP contribution in [-0.4, -0.2) is 21.6 Å². The summed E-state index contributed by atoms with van der Waals surface area (Å²) in [4.78, 5) is 8.44. The van der Waals surface area contributed by atoms with Crippen molar-refractivity contribution >= 4 is 29.9 Å². The van der Waals surface area contributed by atoms with E-state index in [1.54, 1.807) is 6.20 Å². The van der Waals surface area contributed by atoms with Gasteiger partial charge >= 0.3 is 0 Å². The van der Waals surface area contributed by atoms with E-state index in [0.717, 1.165) is 18.5 Å². The second kappa shape index (κ2) is 9.45. The summed E-state index contributed by atoms with van der Waals surface area (Å²) in [6.45, 7) is 5.61. The molecule has 0 aliphatic carbocycles. The summed E-state index contributed by atoms with van der Waals surface area (Å²) in [5, 5.41) is 3.17. The topological polar surface area (TPSA) is 68.2 Å². The van der Waals surface area contributed by atoms with E-state index >= 15 is 0 Å². The predicted molar refractivity (Wildman–Crippen MR) is 101 cm³/mol. The van der Waals surface area contributed by atoms with Crippen LogP contribution in [0.3, 0.4) is 0 Å². The Hall–Kier alpha value is -1.57. The van der Waals surface area contributed by atoms with Gasteiger partial charge in [-0.2, -0.15) is 0 Å². The zero-order valence-electron chi connectivity index (χ0n) is 13.1. The smallest absolute Gasteiger partial charge is 0.189 e. The highest BCUT2D eigenvalue weighted by molar-refractivity contribution is 14.0. The van der Waals surface area contributed by atoms with E-state index in [1.807, 2.05) is 17.1 Å². The van der Waals surface area contributed by atoms with Crippen LogP contribution in [0.15, 0.2) is 48.0 Å². The molecule has 1 aromatic heterocycles. The Balaban J connectivity index is 0.00000242. The second-order valence-corrected chi connectivity index (χ2v) is 5.21. The Bertz CT molecular complexity index is 580. The van der Waals surface area contributed by atoms with Crippen LogP contribution in [0.25, 0.3) is 0 Å². The normalized spacial score (nSPS) is 12.5. The number of nitrogens with one attached hydrogen (secondary N) is 1. The van der Waals surface area contributed by atoms with Crippen molar-refractivity contribution < 1.29 is 0 Å². The van der Waals surface area contributed by atoms with Crippen molar-refractivity contribution in [3.63, 3.8) is 0 Å². The van der Waals surface area contributed by atoms with Crippen LogP contribution in [0.4, 0.5) is 0 Å². The van der Waals surface area contributed by atoms with Gasteiger partial charge in [-0.25, -0.2) is 9.98 Å². The van der Waals surface area contributed by atoms with Crippen LogP contribution in [0, 0.1) is 0 Å². The zero-order valence-corrected chi connectivity index (χ0v) is 15.4. The third kappa shape index (κ3) is 6.05. The molecule has 1 atom stereocenters. The van der Waals surface area contributed by atoms with E-state index in [0.29, 0.717) is 18.5 Å². The van der Waals surface area contributed by atoms with Crippen molar-refractivity contribution in [2.45, 2.75) is 39.4 Å². The molecule has 0 saturated carbocycles. The van der Waals surface area contributed by atoms with Crippen molar-refractivity contribution in [1.82, 2.24) is 14.9 Å². The molecule has 3 N–H and O–H groups in total. The van der Waals surface area contributed by atoms with Gasteiger partial charge in [0.2, 0.25) is 0 Å². The molecule has 6 heteroatoms. The van der Waals surface area contributed by atoms with Gasteiger partial charge in [-0.05, 0) is 24.5 Å². The Morgan fingerprint density at radius 2 is 2.18 bits per heavy atom. The minimum atomic E-state index is 0. The summed E-state index contributed by atoms with van der Waals surface area (Å²) in [6, 6.07) is 8.72. The van der Waals surface area contributed by atoms with E-state index in [1.165, 1.54) is 5.56 Å². The number of hydrogen-bond acceptors (Lipinski definition) is 2. The number of halogens is 1. The van der Waals surface area contributed by atoms with Gasteiger partial charge in [-0.1, -0.05) is 31.2 Å². The molecule has 1 heterocycles. The van der Waals surface area contributed by atoms with Crippen molar-refractivity contribution in [2.75, 3.05) is 0 Å². The molecule has 0 aliphatic rings. The Kier molecular flexibility index (Phi) is 7.94. The monoisotopic (exact) mass is 413 g/mol. The quantitative estimate of drug-likeness (QED) is 0.435. The van der Waals surface area contributed by atoms with Gasteiger partial charge < -0.3 is 15.6 Å². The van der Waals surface area contributed by atoms with Crippen LogP contribution in [-0.2, 0) is 13.1 Å². The molecule has 0 bridgehead atoms. The molecule has 1 unspecified atom stereocenters. The van der Waals surface area contributed by atoms with E-state index in [2.05, 4.69) is 53.4 Å². The lowest BCUT2D eigenvalue weighted by Gasteiger charge is -2.11. The minimum absolute atomic E-state index is 0. The molecule has 0 amide bonds. The lowest BCUT2D eigenvalue weighted by Crippen LogP contribution is -2.38. The standard InChI is InChI=1S/C16H23N5.HI/c1-3-13(2)20-16(17)19-10-14-5-4-6-15(9-14)11-21-8-7-18-12-21;/h4-9,12-13H,3,10-11H2,1-2H3,(H3,17,19,20);1H. The van der Waals surface area contributed by atoms with Gasteiger partial charge in [-0.3, -0.25) is 0 Å². The molecular weight excluding hydrogens is 389 g/mol. The Morgan fingerprint density at radius 3 is 2.86 bits per heavy atom. The van der Waals surface area contributed by atoms with Crippen LogP contribution >= 0.6 is 24.0 Å². The number of aromatic nitrogens is 2. The zero-order chi connectivity index (χ0) is 15.1. The minimum Gasteiger partial charge on any atom is -0.370 e. The number of nitrogens with two attached hydrogens (primary N) is 1. The fraction of sp³-hybridized carbons (Fsp3) is 0.375. The van der Waals surface area contributed by atoms with Gasteiger partial charge in [0.05, 0.1) is 12.9 Å². The SMILES string of the molecule is CCC(C)NC(N)=NCc1cccc(Cn2ccnc2)c1.I. The average Bonchev–Trinajstić information content (AvgIpc) is 2.98. The first-order valence-corrected chi connectivity index (χ1v) is 7.27. The number of imidazole rings is 1. The average molecular weight is 413 g/mol. The molecule has 1 aromatic carbocycles. The summed E-state index contributed by atoms with van der Waals surface area (Å²) in [5.74, 6) is 0.504. The fourth-order valence-corrected chi connectivity index (χ4v) is 1.99. The first-order valence-electron chi connectivity index (χ1n) is 7.27.